The van der Waals surface area contributed by atoms with E-state index in [0.717, 1.165) is 41.2 Å². The van der Waals surface area contributed by atoms with Crippen molar-refractivity contribution in [2.75, 3.05) is 37.8 Å². The number of carboxylic acid groups (broad SMARTS) is 1. The maximum atomic E-state index is 11.6. The van der Waals surface area contributed by atoms with Crippen molar-refractivity contribution in [1.29, 1.82) is 0 Å². The molecule has 0 aromatic heterocycles. The molecular weight excluding hydrogens is 378 g/mol. The van der Waals surface area contributed by atoms with Gasteiger partial charge in [-0.1, -0.05) is 31.2 Å². The molecule has 5 nitrogen and oxygen atoms in total. The molecular formula is C25H29NO4. The Hall–Kier alpha value is -3.05. The first kappa shape index (κ1) is 21.7. The summed E-state index contributed by atoms with van der Waals surface area (Å²) < 4.78 is 11.1. The molecule has 0 atom stereocenters. The predicted molar refractivity (Wildman–Crippen MR) is 121 cm³/mol. The summed E-state index contributed by atoms with van der Waals surface area (Å²) in [6.07, 6.45) is 5.14. The molecule has 0 amide bonds. The van der Waals surface area contributed by atoms with E-state index in [1.807, 2.05) is 36.4 Å². The smallest absolute Gasteiger partial charge is 0.331 e. The fourth-order valence-electron chi connectivity index (χ4n) is 3.50. The number of carboxylic acids is 1. The summed E-state index contributed by atoms with van der Waals surface area (Å²) >= 11 is 0. The second-order valence-electron chi connectivity index (χ2n) is 7.22. The van der Waals surface area contributed by atoms with Gasteiger partial charge in [0.2, 0.25) is 0 Å². The number of hydrogen-bond donors (Lipinski definition) is 1. The van der Waals surface area contributed by atoms with Crippen LogP contribution in [-0.4, -0.2) is 44.0 Å². The summed E-state index contributed by atoms with van der Waals surface area (Å²) in [6.45, 7) is 9.11. The van der Waals surface area contributed by atoms with Crippen molar-refractivity contribution in [3.8, 4) is 16.9 Å². The average Bonchev–Trinajstić information content (AvgIpc) is 2.94. The summed E-state index contributed by atoms with van der Waals surface area (Å²) in [6, 6.07) is 14.1. The quantitative estimate of drug-likeness (QED) is 0.442. The SMILES string of the molecule is C=CCN1CCC(C(=O)O)=Cc2cc(-c3ccc(OCCOCCC)cc3)ccc21. The third kappa shape index (κ3) is 5.51. The Kier molecular flexibility index (Phi) is 7.69. The van der Waals surface area contributed by atoms with Gasteiger partial charge in [-0.05, 0) is 59.9 Å². The zero-order chi connectivity index (χ0) is 21.3. The van der Waals surface area contributed by atoms with E-state index in [0.29, 0.717) is 38.3 Å². The maximum absolute atomic E-state index is 11.6. The van der Waals surface area contributed by atoms with Crippen LogP contribution in [0.15, 0.2) is 60.7 Å². The Bertz CT molecular complexity index is 902. The highest BCUT2D eigenvalue weighted by Gasteiger charge is 2.18. The number of anilines is 1. The molecule has 5 heteroatoms. The van der Waals surface area contributed by atoms with Crippen LogP contribution in [0.1, 0.15) is 25.3 Å². The van der Waals surface area contributed by atoms with E-state index in [2.05, 4.69) is 30.5 Å². The number of nitrogens with zero attached hydrogens (tertiary/aromatic N) is 1. The lowest BCUT2D eigenvalue weighted by Gasteiger charge is -2.23. The van der Waals surface area contributed by atoms with Crippen LogP contribution in [0.3, 0.4) is 0 Å². The summed E-state index contributed by atoms with van der Waals surface area (Å²) in [4.78, 5) is 13.8. The first-order valence-corrected chi connectivity index (χ1v) is 10.4. The third-order valence-corrected chi connectivity index (χ3v) is 5.01. The minimum absolute atomic E-state index is 0.425. The number of ether oxygens (including phenoxy) is 2. The molecule has 0 fully saturated rings. The minimum Gasteiger partial charge on any atom is -0.491 e. The van der Waals surface area contributed by atoms with E-state index in [-0.39, 0.29) is 0 Å². The molecule has 0 saturated heterocycles. The van der Waals surface area contributed by atoms with Gasteiger partial charge in [-0.2, -0.15) is 0 Å². The fraction of sp³-hybridized carbons (Fsp3) is 0.320. The number of hydrogen-bond acceptors (Lipinski definition) is 4. The standard InChI is InChI=1S/C25H29NO4/c1-3-12-26-13-11-21(25(27)28)18-22-17-20(7-10-24(22)26)19-5-8-23(9-6-19)30-16-15-29-14-4-2/h3,5-10,17-18H,1,4,11-16H2,2H3,(H,27,28). The predicted octanol–water partition coefficient (Wildman–Crippen LogP) is 5.02. The topological polar surface area (TPSA) is 59.0 Å². The van der Waals surface area contributed by atoms with Crippen molar-refractivity contribution in [2.24, 2.45) is 0 Å². The van der Waals surface area contributed by atoms with Crippen LogP contribution >= 0.6 is 0 Å². The average molecular weight is 408 g/mol. The molecule has 158 valence electrons. The van der Waals surface area contributed by atoms with Gasteiger partial charge in [0.05, 0.1) is 6.61 Å². The lowest BCUT2D eigenvalue weighted by Crippen LogP contribution is -2.24. The first-order valence-electron chi connectivity index (χ1n) is 10.4. The van der Waals surface area contributed by atoms with Crippen LogP contribution < -0.4 is 9.64 Å². The molecule has 2 aromatic carbocycles. The van der Waals surface area contributed by atoms with E-state index < -0.39 is 5.97 Å². The van der Waals surface area contributed by atoms with Gasteiger partial charge in [0, 0.05) is 31.0 Å². The molecule has 0 radical (unpaired) electrons. The normalized spacial score (nSPS) is 13.2. The highest BCUT2D eigenvalue weighted by molar-refractivity contribution is 5.94. The second kappa shape index (κ2) is 10.6. The minimum atomic E-state index is -0.865. The van der Waals surface area contributed by atoms with Gasteiger partial charge in [-0.25, -0.2) is 4.79 Å². The molecule has 30 heavy (non-hydrogen) atoms. The van der Waals surface area contributed by atoms with Crippen LogP contribution in [0.5, 0.6) is 5.75 Å². The zero-order valence-electron chi connectivity index (χ0n) is 17.5. The van der Waals surface area contributed by atoms with Crippen LogP contribution in [0.2, 0.25) is 0 Å². The lowest BCUT2D eigenvalue weighted by atomic mass is 10.00. The maximum Gasteiger partial charge on any atom is 0.331 e. The molecule has 1 N–H and O–H groups in total. The number of fused-ring (bicyclic) bond motifs is 1. The molecule has 0 aliphatic carbocycles. The molecule has 2 aromatic rings. The molecule has 1 aliphatic rings. The molecule has 0 unspecified atom stereocenters. The van der Waals surface area contributed by atoms with Gasteiger partial charge in [0.1, 0.15) is 12.4 Å². The van der Waals surface area contributed by atoms with Crippen LogP contribution in [-0.2, 0) is 9.53 Å². The van der Waals surface area contributed by atoms with Gasteiger partial charge in [0.15, 0.2) is 0 Å². The Morgan fingerprint density at radius 1 is 1.13 bits per heavy atom. The van der Waals surface area contributed by atoms with E-state index >= 15 is 0 Å². The highest BCUT2D eigenvalue weighted by Crippen LogP contribution is 2.33. The van der Waals surface area contributed by atoms with E-state index in [1.54, 1.807) is 6.08 Å². The number of rotatable bonds is 10. The van der Waals surface area contributed by atoms with Gasteiger partial charge in [-0.3, -0.25) is 0 Å². The summed E-state index contributed by atoms with van der Waals surface area (Å²) in [5, 5.41) is 9.51. The van der Waals surface area contributed by atoms with Crippen molar-refractivity contribution in [2.45, 2.75) is 19.8 Å². The Labute approximate surface area is 178 Å². The second-order valence-corrected chi connectivity index (χ2v) is 7.22. The number of benzene rings is 2. The summed E-state index contributed by atoms with van der Waals surface area (Å²) in [5.41, 5.74) is 4.46. The largest absolute Gasteiger partial charge is 0.491 e. The van der Waals surface area contributed by atoms with Gasteiger partial charge >= 0.3 is 5.97 Å². The van der Waals surface area contributed by atoms with Crippen molar-refractivity contribution in [1.82, 2.24) is 0 Å². The van der Waals surface area contributed by atoms with Crippen molar-refractivity contribution in [3.05, 3.63) is 66.3 Å². The lowest BCUT2D eigenvalue weighted by molar-refractivity contribution is -0.132. The molecule has 3 rings (SSSR count). The van der Waals surface area contributed by atoms with E-state index in [4.69, 9.17) is 9.47 Å². The molecule has 1 aliphatic heterocycles. The van der Waals surface area contributed by atoms with Gasteiger partial charge in [0.25, 0.3) is 0 Å². The number of aliphatic carboxylic acids is 1. The van der Waals surface area contributed by atoms with Crippen LogP contribution in [0.25, 0.3) is 17.2 Å². The summed E-state index contributed by atoms with van der Waals surface area (Å²) in [5.74, 6) is -0.0601. The Morgan fingerprint density at radius 2 is 1.90 bits per heavy atom. The van der Waals surface area contributed by atoms with E-state index in [1.165, 1.54) is 0 Å². The van der Waals surface area contributed by atoms with Gasteiger partial charge < -0.3 is 19.5 Å². The monoisotopic (exact) mass is 407 g/mol. The fourth-order valence-corrected chi connectivity index (χ4v) is 3.50. The molecule has 1 heterocycles. The number of carbonyl (C=O) groups is 1. The summed E-state index contributed by atoms with van der Waals surface area (Å²) in [7, 11) is 0. The molecule has 0 saturated carbocycles. The third-order valence-electron chi connectivity index (χ3n) is 5.01. The zero-order valence-corrected chi connectivity index (χ0v) is 17.5. The first-order chi connectivity index (χ1) is 14.6. The Balaban J connectivity index is 1.79. The molecule has 0 spiro atoms. The van der Waals surface area contributed by atoms with Crippen molar-refractivity contribution in [3.63, 3.8) is 0 Å². The van der Waals surface area contributed by atoms with E-state index in [9.17, 15) is 9.90 Å². The Morgan fingerprint density at radius 3 is 2.60 bits per heavy atom. The highest BCUT2D eigenvalue weighted by atomic mass is 16.5. The van der Waals surface area contributed by atoms with Crippen molar-refractivity contribution < 1.29 is 19.4 Å². The van der Waals surface area contributed by atoms with Crippen LogP contribution in [0, 0.1) is 0 Å². The van der Waals surface area contributed by atoms with Gasteiger partial charge in [-0.15, -0.1) is 6.58 Å². The molecule has 0 bridgehead atoms. The van der Waals surface area contributed by atoms with Crippen LogP contribution in [0.4, 0.5) is 5.69 Å². The van der Waals surface area contributed by atoms with Crippen molar-refractivity contribution >= 4 is 17.7 Å².